The first-order chi connectivity index (χ1) is 5.67. The highest BCUT2D eigenvalue weighted by molar-refractivity contribution is 4.71. The van der Waals surface area contributed by atoms with E-state index in [-0.39, 0.29) is 0 Å². The van der Waals surface area contributed by atoms with Crippen LogP contribution in [-0.2, 0) is 0 Å². The van der Waals surface area contributed by atoms with E-state index in [0.29, 0.717) is 6.04 Å². The summed E-state index contributed by atoms with van der Waals surface area (Å²) in [6.45, 7) is 12.6. The second kappa shape index (κ2) is 6.47. The molecule has 0 N–H and O–H groups in total. The van der Waals surface area contributed by atoms with E-state index in [1.54, 1.807) is 0 Å². The van der Waals surface area contributed by atoms with Crippen molar-refractivity contribution in [2.24, 2.45) is 0 Å². The lowest BCUT2D eigenvalue weighted by molar-refractivity contribution is 0.148. The molecule has 0 saturated carbocycles. The van der Waals surface area contributed by atoms with Crippen LogP contribution >= 0.6 is 0 Å². The van der Waals surface area contributed by atoms with Crippen molar-refractivity contribution in [3.63, 3.8) is 0 Å². The molecule has 0 aliphatic carbocycles. The SMILES string of the molecule is CCCC(CC)N(CC)C(C)C. The molecule has 0 aromatic rings. The molecule has 0 saturated heterocycles. The zero-order valence-electron chi connectivity index (χ0n) is 9.43. The van der Waals surface area contributed by atoms with Crippen molar-refractivity contribution in [2.45, 2.75) is 66.0 Å². The predicted molar refractivity (Wildman–Crippen MR) is 56.5 cm³/mol. The maximum absolute atomic E-state index is 2.60. The third kappa shape index (κ3) is 3.57. The Bertz CT molecular complexity index is 99.2. The zero-order chi connectivity index (χ0) is 9.56. The number of rotatable bonds is 6. The van der Waals surface area contributed by atoms with E-state index in [2.05, 4.69) is 39.5 Å². The van der Waals surface area contributed by atoms with Gasteiger partial charge in [-0.25, -0.2) is 0 Å². The first kappa shape index (κ1) is 12.0. The molecule has 0 heterocycles. The monoisotopic (exact) mass is 171 g/mol. The average molecular weight is 171 g/mol. The maximum Gasteiger partial charge on any atom is 0.00951 e. The Balaban J connectivity index is 4.02. The van der Waals surface area contributed by atoms with Gasteiger partial charge in [0.1, 0.15) is 0 Å². The lowest BCUT2D eigenvalue weighted by Gasteiger charge is -2.33. The first-order valence-corrected chi connectivity index (χ1v) is 5.43. The molecule has 0 aromatic carbocycles. The molecule has 1 unspecified atom stereocenters. The minimum Gasteiger partial charge on any atom is -0.298 e. The number of hydrogen-bond acceptors (Lipinski definition) is 1. The highest BCUT2D eigenvalue weighted by Gasteiger charge is 2.16. The Hall–Kier alpha value is -0.0400. The molecule has 0 aliphatic rings. The van der Waals surface area contributed by atoms with Crippen LogP contribution in [0, 0.1) is 0 Å². The van der Waals surface area contributed by atoms with Crippen molar-refractivity contribution < 1.29 is 0 Å². The van der Waals surface area contributed by atoms with Crippen LogP contribution in [0.2, 0.25) is 0 Å². The van der Waals surface area contributed by atoms with Gasteiger partial charge in [-0.15, -0.1) is 0 Å². The summed E-state index contributed by atoms with van der Waals surface area (Å²) < 4.78 is 0. The minimum atomic E-state index is 0.700. The van der Waals surface area contributed by atoms with Gasteiger partial charge in [0, 0.05) is 12.1 Å². The van der Waals surface area contributed by atoms with Gasteiger partial charge in [0.15, 0.2) is 0 Å². The number of hydrogen-bond donors (Lipinski definition) is 0. The minimum absolute atomic E-state index is 0.700. The summed E-state index contributed by atoms with van der Waals surface area (Å²) in [5.74, 6) is 0. The van der Waals surface area contributed by atoms with Gasteiger partial charge in [-0.1, -0.05) is 27.2 Å². The Labute approximate surface area is 78.1 Å². The van der Waals surface area contributed by atoms with E-state index >= 15 is 0 Å². The van der Waals surface area contributed by atoms with Gasteiger partial charge in [-0.2, -0.15) is 0 Å². The van der Waals surface area contributed by atoms with Crippen LogP contribution in [-0.4, -0.2) is 23.5 Å². The summed E-state index contributed by atoms with van der Waals surface area (Å²) in [5.41, 5.74) is 0. The van der Waals surface area contributed by atoms with Crippen LogP contribution in [0.3, 0.4) is 0 Å². The summed E-state index contributed by atoms with van der Waals surface area (Å²) in [6.07, 6.45) is 3.95. The van der Waals surface area contributed by atoms with Crippen LogP contribution in [0.15, 0.2) is 0 Å². The molecule has 0 amide bonds. The number of nitrogens with zero attached hydrogens (tertiary/aromatic N) is 1. The molecule has 1 atom stereocenters. The second-order valence-electron chi connectivity index (χ2n) is 3.77. The van der Waals surface area contributed by atoms with Gasteiger partial charge < -0.3 is 0 Å². The van der Waals surface area contributed by atoms with Gasteiger partial charge in [-0.3, -0.25) is 4.90 Å². The standard InChI is InChI=1S/C11H25N/c1-6-9-11(7-2)12(8-3)10(4)5/h10-11H,6-9H2,1-5H3. The fraction of sp³-hybridized carbons (Fsp3) is 1.00. The van der Waals surface area contributed by atoms with E-state index in [0.717, 1.165) is 6.04 Å². The van der Waals surface area contributed by atoms with Crippen molar-refractivity contribution in [2.75, 3.05) is 6.54 Å². The largest absolute Gasteiger partial charge is 0.298 e. The third-order valence-electron chi connectivity index (χ3n) is 2.59. The lowest BCUT2D eigenvalue weighted by Crippen LogP contribution is -2.39. The molecule has 0 aromatic heterocycles. The van der Waals surface area contributed by atoms with E-state index in [1.165, 1.54) is 25.8 Å². The molecule has 0 bridgehead atoms. The van der Waals surface area contributed by atoms with Gasteiger partial charge in [-0.05, 0) is 33.2 Å². The van der Waals surface area contributed by atoms with Crippen molar-refractivity contribution >= 4 is 0 Å². The molecule has 0 aliphatic heterocycles. The van der Waals surface area contributed by atoms with Gasteiger partial charge in [0.25, 0.3) is 0 Å². The van der Waals surface area contributed by atoms with Gasteiger partial charge in [0.05, 0.1) is 0 Å². The molecule has 1 heteroatoms. The van der Waals surface area contributed by atoms with E-state index in [4.69, 9.17) is 0 Å². The fourth-order valence-corrected chi connectivity index (χ4v) is 1.98. The molecule has 0 fully saturated rings. The molecular formula is C11H25N. The topological polar surface area (TPSA) is 3.24 Å². The van der Waals surface area contributed by atoms with Crippen LogP contribution in [0.5, 0.6) is 0 Å². The van der Waals surface area contributed by atoms with E-state index < -0.39 is 0 Å². The van der Waals surface area contributed by atoms with Crippen molar-refractivity contribution in [1.82, 2.24) is 4.90 Å². The van der Waals surface area contributed by atoms with Crippen LogP contribution in [0.1, 0.15) is 53.9 Å². The fourth-order valence-electron chi connectivity index (χ4n) is 1.98. The van der Waals surface area contributed by atoms with E-state index in [9.17, 15) is 0 Å². The van der Waals surface area contributed by atoms with Gasteiger partial charge in [0.2, 0.25) is 0 Å². The predicted octanol–water partition coefficient (Wildman–Crippen LogP) is 3.30. The normalized spacial score (nSPS) is 14.2. The quantitative estimate of drug-likeness (QED) is 0.592. The molecule has 1 nitrogen and oxygen atoms in total. The summed E-state index contributed by atoms with van der Waals surface area (Å²) in [4.78, 5) is 2.60. The highest BCUT2D eigenvalue weighted by atomic mass is 15.2. The van der Waals surface area contributed by atoms with Gasteiger partial charge >= 0.3 is 0 Å². The Kier molecular flexibility index (Phi) is 6.45. The lowest BCUT2D eigenvalue weighted by atomic mass is 10.1. The molecular weight excluding hydrogens is 146 g/mol. The highest BCUT2D eigenvalue weighted by Crippen LogP contribution is 2.13. The smallest absolute Gasteiger partial charge is 0.00951 e. The summed E-state index contributed by atoms with van der Waals surface area (Å²) >= 11 is 0. The summed E-state index contributed by atoms with van der Waals surface area (Å²) in [7, 11) is 0. The van der Waals surface area contributed by atoms with Crippen molar-refractivity contribution in [3.05, 3.63) is 0 Å². The summed E-state index contributed by atoms with van der Waals surface area (Å²) in [6, 6.07) is 1.51. The van der Waals surface area contributed by atoms with E-state index in [1.807, 2.05) is 0 Å². The van der Waals surface area contributed by atoms with Crippen LogP contribution < -0.4 is 0 Å². The third-order valence-corrected chi connectivity index (χ3v) is 2.59. The molecule has 0 spiro atoms. The first-order valence-electron chi connectivity index (χ1n) is 5.43. The van der Waals surface area contributed by atoms with Crippen molar-refractivity contribution in [3.8, 4) is 0 Å². The molecule has 12 heavy (non-hydrogen) atoms. The second-order valence-corrected chi connectivity index (χ2v) is 3.77. The molecule has 0 rings (SSSR count). The maximum atomic E-state index is 2.60. The summed E-state index contributed by atoms with van der Waals surface area (Å²) in [5, 5.41) is 0. The van der Waals surface area contributed by atoms with Crippen molar-refractivity contribution in [1.29, 1.82) is 0 Å². The molecule has 74 valence electrons. The van der Waals surface area contributed by atoms with Crippen LogP contribution in [0.4, 0.5) is 0 Å². The Morgan fingerprint density at radius 1 is 1.08 bits per heavy atom. The average Bonchev–Trinajstić information content (AvgIpc) is 2.03. The zero-order valence-corrected chi connectivity index (χ0v) is 9.43. The molecule has 0 radical (unpaired) electrons. The Morgan fingerprint density at radius 2 is 1.67 bits per heavy atom. The Morgan fingerprint density at radius 3 is 1.92 bits per heavy atom. The van der Waals surface area contributed by atoms with Crippen LogP contribution in [0.25, 0.3) is 0 Å².